The van der Waals surface area contributed by atoms with Crippen molar-refractivity contribution in [3.05, 3.63) is 0 Å². The highest BCUT2D eigenvalue weighted by Gasteiger charge is 2.40. The van der Waals surface area contributed by atoms with Crippen LogP contribution in [0.15, 0.2) is 5.16 Å². The van der Waals surface area contributed by atoms with E-state index in [1.165, 1.54) is 0 Å². The fraction of sp³-hybridized carbons (Fsp3) is 0.833. The molecule has 0 saturated carbocycles. The summed E-state index contributed by atoms with van der Waals surface area (Å²) in [5, 5.41) is 14.8. The molecule has 0 fully saturated rings. The Kier molecular flexibility index (Phi) is 7.82. The number of amidine groups is 1. The van der Waals surface area contributed by atoms with Crippen LogP contribution in [0.25, 0.3) is 0 Å². The second kappa shape index (κ2) is 8.24. The predicted octanol–water partition coefficient (Wildman–Crippen LogP) is 1.80. The van der Waals surface area contributed by atoms with E-state index in [2.05, 4.69) is 10.5 Å². The smallest absolute Gasteiger partial charge is 0.234 e. The van der Waals surface area contributed by atoms with E-state index in [0.717, 1.165) is 12.2 Å². The summed E-state index contributed by atoms with van der Waals surface area (Å²) in [6, 6.07) is 0.0916. The molecule has 1 unspecified atom stereocenters. The minimum absolute atomic E-state index is 0.0120. The Morgan fingerprint density at radius 2 is 2.06 bits per heavy atom. The van der Waals surface area contributed by atoms with Crippen LogP contribution in [0.4, 0.5) is 0 Å². The molecule has 0 spiro atoms. The molecule has 0 aromatic heterocycles. The Hall–Kier alpha value is -0.910. The molecule has 0 aromatic rings. The standard InChI is InChI=1S/C12H25N3O2S/c1-5-12(6-2,10(13)15-17)11(16)14-9(3)7-8-18-4/h9,17H,5-8H2,1-4H3,(H2,13,15)(H,14,16). The second-order valence-electron chi connectivity index (χ2n) is 4.43. The van der Waals surface area contributed by atoms with Gasteiger partial charge in [0.15, 0.2) is 5.84 Å². The number of carbonyl (C=O) groups excluding carboxylic acids is 1. The summed E-state index contributed by atoms with van der Waals surface area (Å²) in [7, 11) is 0. The van der Waals surface area contributed by atoms with Crippen molar-refractivity contribution < 1.29 is 10.0 Å². The average Bonchev–Trinajstić information content (AvgIpc) is 2.37. The van der Waals surface area contributed by atoms with E-state index in [-0.39, 0.29) is 17.8 Å². The molecule has 4 N–H and O–H groups in total. The minimum atomic E-state index is -0.900. The first-order valence-electron chi connectivity index (χ1n) is 6.26. The van der Waals surface area contributed by atoms with Gasteiger partial charge in [0.2, 0.25) is 5.91 Å². The van der Waals surface area contributed by atoms with Crippen molar-refractivity contribution in [2.75, 3.05) is 12.0 Å². The summed E-state index contributed by atoms with van der Waals surface area (Å²) in [4.78, 5) is 12.3. The summed E-state index contributed by atoms with van der Waals surface area (Å²) in [6.07, 6.45) is 3.97. The first-order chi connectivity index (χ1) is 8.48. The van der Waals surface area contributed by atoms with Gasteiger partial charge in [-0.15, -0.1) is 0 Å². The molecular weight excluding hydrogens is 250 g/mol. The topological polar surface area (TPSA) is 87.7 Å². The quantitative estimate of drug-likeness (QED) is 0.273. The van der Waals surface area contributed by atoms with Gasteiger partial charge >= 0.3 is 0 Å². The van der Waals surface area contributed by atoms with E-state index in [4.69, 9.17) is 10.9 Å². The van der Waals surface area contributed by atoms with Crippen LogP contribution in [-0.4, -0.2) is 35.0 Å². The summed E-state index contributed by atoms with van der Waals surface area (Å²) in [5.74, 6) is 0.828. The van der Waals surface area contributed by atoms with E-state index in [9.17, 15) is 4.79 Å². The Morgan fingerprint density at radius 1 is 1.50 bits per heavy atom. The third-order valence-electron chi connectivity index (χ3n) is 3.37. The molecule has 106 valence electrons. The summed E-state index contributed by atoms with van der Waals surface area (Å²) in [6.45, 7) is 5.71. The van der Waals surface area contributed by atoms with Crippen LogP contribution in [-0.2, 0) is 4.79 Å². The highest BCUT2D eigenvalue weighted by molar-refractivity contribution is 7.98. The highest BCUT2D eigenvalue weighted by atomic mass is 32.2. The fourth-order valence-electron chi connectivity index (χ4n) is 1.87. The summed E-state index contributed by atoms with van der Waals surface area (Å²) < 4.78 is 0. The molecule has 0 aromatic carbocycles. The third-order valence-corrected chi connectivity index (χ3v) is 4.02. The maximum Gasteiger partial charge on any atom is 0.234 e. The molecule has 0 radical (unpaired) electrons. The Bertz CT molecular complexity index is 291. The van der Waals surface area contributed by atoms with Gasteiger partial charge in [0.25, 0.3) is 0 Å². The lowest BCUT2D eigenvalue weighted by Crippen LogP contribution is -2.51. The monoisotopic (exact) mass is 275 g/mol. The molecule has 0 aliphatic carbocycles. The van der Waals surface area contributed by atoms with Gasteiger partial charge < -0.3 is 16.3 Å². The first kappa shape index (κ1) is 17.1. The fourth-order valence-corrected chi connectivity index (χ4v) is 2.46. The molecule has 1 amide bonds. The van der Waals surface area contributed by atoms with Crippen LogP contribution in [0.3, 0.4) is 0 Å². The predicted molar refractivity (Wildman–Crippen MR) is 77.0 cm³/mol. The molecule has 0 rings (SSSR count). The van der Waals surface area contributed by atoms with Gasteiger partial charge in [0, 0.05) is 6.04 Å². The Morgan fingerprint density at radius 3 is 2.44 bits per heavy atom. The average molecular weight is 275 g/mol. The van der Waals surface area contributed by atoms with Gasteiger partial charge in [0.05, 0.1) is 0 Å². The van der Waals surface area contributed by atoms with Crippen LogP contribution in [0.1, 0.15) is 40.0 Å². The zero-order valence-corrected chi connectivity index (χ0v) is 12.5. The van der Waals surface area contributed by atoms with E-state index in [1.54, 1.807) is 11.8 Å². The first-order valence-corrected chi connectivity index (χ1v) is 7.65. The van der Waals surface area contributed by atoms with Crippen LogP contribution < -0.4 is 11.1 Å². The SMILES string of the molecule is CCC(CC)(C(=O)NC(C)CCSC)C(N)=NO. The number of thioether (sulfide) groups is 1. The van der Waals surface area contributed by atoms with Gasteiger partial charge in [-0.1, -0.05) is 19.0 Å². The lowest BCUT2D eigenvalue weighted by molar-refractivity contribution is -0.128. The van der Waals surface area contributed by atoms with Gasteiger partial charge in [0.1, 0.15) is 5.41 Å². The number of nitrogens with two attached hydrogens (primary N) is 1. The van der Waals surface area contributed by atoms with Crippen molar-refractivity contribution >= 4 is 23.5 Å². The van der Waals surface area contributed by atoms with Crippen molar-refractivity contribution in [3.63, 3.8) is 0 Å². The van der Waals surface area contributed by atoms with E-state index in [1.807, 2.05) is 27.0 Å². The lowest BCUT2D eigenvalue weighted by atomic mass is 9.80. The van der Waals surface area contributed by atoms with Crippen molar-refractivity contribution in [1.82, 2.24) is 5.32 Å². The van der Waals surface area contributed by atoms with Gasteiger partial charge in [-0.2, -0.15) is 11.8 Å². The number of nitrogens with zero attached hydrogens (tertiary/aromatic N) is 1. The number of hydrogen-bond donors (Lipinski definition) is 3. The normalized spacial score (nSPS) is 14.3. The number of hydrogen-bond acceptors (Lipinski definition) is 4. The molecule has 6 heteroatoms. The molecule has 1 atom stereocenters. The molecule has 5 nitrogen and oxygen atoms in total. The number of amides is 1. The third kappa shape index (κ3) is 4.08. The highest BCUT2D eigenvalue weighted by Crippen LogP contribution is 2.27. The Balaban J connectivity index is 4.78. The molecule has 18 heavy (non-hydrogen) atoms. The second-order valence-corrected chi connectivity index (χ2v) is 5.42. The number of carbonyl (C=O) groups is 1. The van der Waals surface area contributed by atoms with Gasteiger partial charge in [-0.3, -0.25) is 4.79 Å². The van der Waals surface area contributed by atoms with E-state index < -0.39 is 5.41 Å². The van der Waals surface area contributed by atoms with Crippen LogP contribution >= 0.6 is 11.8 Å². The van der Waals surface area contributed by atoms with E-state index >= 15 is 0 Å². The van der Waals surface area contributed by atoms with Crippen molar-refractivity contribution in [1.29, 1.82) is 0 Å². The minimum Gasteiger partial charge on any atom is -0.409 e. The summed E-state index contributed by atoms with van der Waals surface area (Å²) in [5.41, 5.74) is 4.78. The maximum atomic E-state index is 12.3. The molecule has 0 saturated heterocycles. The molecule has 0 aliphatic heterocycles. The largest absolute Gasteiger partial charge is 0.409 e. The van der Waals surface area contributed by atoms with Crippen molar-refractivity contribution in [2.45, 2.75) is 46.1 Å². The van der Waals surface area contributed by atoms with Crippen LogP contribution in [0.5, 0.6) is 0 Å². The molecule has 0 aliphatic rings. The maximum absolute atomic E-state index is 12.3. The number of rotatable bonds is 8. The number of oxime groups is 1. The Labute approximate surface area is 114 Å². The molecule has 0 bridgehead atoms. The van der Waals surface area contributed by atoms with Crippen LogP contribution in [0.2, 0.25) is 0 Å². The van der Waals surface area contributed by atoms with Gasteiger partial charge in [-0.25, -0.2) is 0 Å². The van der Waals surface area contributed by atoms with Crippen molar-refractivity contribution in [2.24, 2.45) is 16.3 Å². The van der Waals surface area contributed by atoms with Gasteiger partial charge in [-0.05, 0) is 38.2 Å². The zero-order valence-electron chi connectivity index (χ0n) is 11.7. The molecule has 0 heterocycles. The zero-order chi connectivity index (χ0) is 14.2. The van der Waals surface area contributed by atoms with E-state index in [0.29, 0.717) is 12.8 Å². The van der Waals surface area contributed by atoms with Crippen molar-refractivity contribution in [3.8, 4) is 0 Å². The lowest BCUT2D eigenvalue weighted by Gasteiger charge is -2.30. The van der Waals surface area contributed by atoms with Crippen LogP contribution in [0, 0.1) is 5.41 Å². The number of nitrogens with one attached hydrogen (secondary N) is 1. The summed E-state index contributed by atoms with van der Waals surface area (Å²) >= 11 is 1.75. The molecular formula is C12H25N3O2S.